The standard InChI is InChI=1S/C12H11ClFN3S/c1-8(13)7-18-12-16-15-11(17(12)2)9-5-3-4-6-10(9)14/h3-6H,1,7H2,2H3. The van der Waals surface area contributed by atoms with Crippen LogP contribution in [0.2, 0.25) is 0 Å². The summed E-state index contributed by atoms with van der Waals surface area (Å²) in [6, 6.07) is 6.48. The third-order valence-electron chi connectivity index (χ3n) is 2.31. The second-order valence-corrected chi connectivity index (χ2v) is 5.13. The first-order valence-electron chi connectivity index (χ1n) is 5.20. The van der Waals surface area contributed by atoms with Crippen LogP contribution in [0.3, 0.4) is 0 Å². The molecule has 0 aliphatic carbocycles. The van der Waals surface area contributed by atoms with E-state index in [9.17, 15) is 4.39 Å². The van der Waals surface area contributed by atoms with Crippen molar-refractivity contribution >= 4 is 23.4 Å². The van der Waals surface area contributed by atoms with Gasteiger partial charge in [-0.05, 0) is 12.1 Å². The van der Waals surface area contributed by atoms with Gasteiger partial charge >= 0.3 is 0 Å². The summed E-state index contributed by atoms with van der Waals surface area (Å²) in [5.74, 6) is 0.729. The molecule has 94 valence electrons. The Morgan fingerprint density at radius 1 is 1.44 bits per heavy atom. The lowest BCUT2D eigenvalue weighted by Gasteiger charge is -2.04. The van der Waals surface area contributed by atoms with Crippen LogP contribution in [0.25, 0.3) is 11.4 Å². The molecule has 2 aromatic rings. The van der Waals surface area contributed by atoms with Crippen LogP contribution >= 0.6 is 23.4 Å². The molecule has 0 bridgehead atoms. The summed E-state index contributed by atoms with van der Waals surface area (Å²) in [6.45, 7) is 3.61. The first-order chi connectivity index (χ1) is 8.59. The smallest absolute Gasteiger partial charge is 0.191 e. The number of hydrogen-bond acceptors (Lipinski definition) is 3. The molecule has 0 spiro atoms. The van der Waals surface area contributed by atoms with Crippen molar-refractivity contribution in [2.45, 2.75) is 5.16 Å². The zero-order chi connectivity index (χ0) is 13.1. The molecule has 2 rings (SSSR count). The van der Waals surface area contributed by atoms with Crippen LogP contribution in [-0.2, 0) is 7.05 Å². The quantitative estimate of drug-likeness (QED) is 0.805. The lowest BCUT2D eigenvalue weighted by atomic mass is 10.2. The van der Waals surface area contributed by atoms with Crippen molar-refractivity contribution in [1.82, 2.24) is 14.8 Å². The predicted molar refractivity (Wildman–Crippen MR) is 72.1 cm³/mol. The van der Waals surface area contributed by atoms with Gasteiger partial charge in [0.05, 0.1) is 5.56 Å². The Hall–Kier alpha value is -1.33. The average molecular weight is 284 g/mol. The number of benzene rings is 1. The summed E-state index contributed by atoms with van der Waals surface area (Å²) in [5.41, 5.74) is 0.434. The molecule has 3 nitrogen and oxygen atoms in total. The molecule has 0 saturated carbocycles. The van der Waals surface area contributed by atoms with E-state index < -0.39 is 0 Å². The van der Waals surface area contributed by atoms with Gasteiger partial charge < -0.3 is 4.57 Å². The highest BCUT2D eigenvalue weighted by Gasteiger charge is 2.14. The molecule has 0 amide bonds. The van der Waals surface area contributed by atoms with Crippen molar-refractivity contribution in [1.29, 1.82) is 0 Å². The summed E-state index contributed by atoms with van der Waals surface area (Å²) in [7, 11) is 1.79. The fourth-order valence-electron chi connectivity index (χ4n) is 1.46. The van der Waals surface area contributed by atoms with Gasteiger partial charge in [-0.1, -0.05) is 42.1 Å². The first kappa shape index (κ1) is 13.1. The molecule has 1 aromatic carbocycles. The second-order valence-electron chi connectivity index (χ2n) is 3.65. The summed E-state index contributed by atoms with van der Waals surface area (Å²) < 4.78 is 15.4. The first-order valence-corrected chi connectivity index (χ1v) is 6.56. The molecular weight excluding hydrogens is 273 g/mol. The summed E-state index contributed by atoms with van der Waals surface area (Å²) >= 11 is 7.11. The summed E-state index contributed by atoms with van der Waals surface area (Å²) in [5, 5.41) is 9.23. The van der Waals surface area contributed by atoms with E-state index in [2.05, 4.69) is 16.8 Å². The third kappa shape index (κ3) is 2.73. The Labute approximate surface area is 114 Å². The second kappa shape index (κ2) is 5.54. The fraction of sp³-hybridized carbons (Fsp3) is 0.167. The van der Waals surface area contributed by atoms with Crippen LogP contribution < -0.4 is 0 Å². The molecule has 6 heteroatoms. The van der Waals surface area contributed by atoms with Crippen molar-refractivity contribution in [2.75, 3.05) is 5.75 Å². The SMILES string of the molecule is C=C(Cl)CSc1nnc(-c2ccccc2F)n1C. The maximum atomic E-state index is 13.7. The molecule has 1 aromatic heterocycles. The van der Waals surface area contributed by atoms with Gasteiger partial charge in [0.2, 0.25) is 0 Å². The largest absolute Gasteiger partial charge is 0.305 e. The third-order valence-corrected chi connectivity index (χ3v) is 3.71. The zero-order valence-electron chi connectivity index (χ0n) is 9.73. The molecule has 0 unspecified atom stereocenters. The zero-order valence-corrected chi connectivity index (χ0v) is 11.3. The van der Waals surface area contributed by atoms with Gasteiger partial charge in [-0.25, -0.2) is 4.39 Å². The predicted octanol–water partition coefficient (Wildman–Crippen LogP) is 3.47. The van der Waals surface area contributed by atoms with Crippen molar-refractivity contribution in [3.63, 3.8) is 0 Å². The molecule has 0 aliphatic heterocycles. The van der Waals surface area contributed by atoms with E-state index >= 15 is 0 Å². The molecule has 18 heavy (non-hydrogen) atoms. The van der Waals surface area contributed by atoms with Crippen LogP contribution in [0, 0.1) is 5.82 Å². The Balaban J connectivity index is 2.31. The Kier molecular flexibility index (Phi) is 4.04. The minimum atomic E-state index is -0.314. The van der Waals surface area contributed by atoms with E-state index in [0.717, 1.165) is 0 Å². The number of halogens is 2. The van der Waals surface area contributed by atoms with Crippen LogP contribution in [-0.4, -0.2) is 20.5 Å². The van der Waals surface area contributed by atoms with Crippen molar-refractivity contribution in [3.8, 4) is 11.4 Å². The van der Waals surface area contributed by atoms with Crippen LogP contribution in [0.15, 0.2) is 41.0 Å². The molecule has 0 fully saturated rings. The number of nitrogens with zero attached hydrogens (tertiary/aromatic N) is 3. The summed E-state index contributed by atoms with van der Waals surface area (Å²) in [4.78, 5) is 0. The minimum absolute atomic E-state index is 0.314. The Morgan fingerprint density at radius 3 is 2.83 bits per heavy atom. The van der Waals surface area contributed by atoms with Gasteiger partial charge in [0.1, 0.15) is 5.82 Å². The monoisotopic (exact) mass is 283 g/mol. The van der Waals surface area contributed by atoms with Gasteiger partial charge in [0.25, 0.3) is 0 Å². The molecule has 1 heterocycles. The molecule has 0 aliphatic rings. The van der Waals surface area contributed by atoms with E-state index in [4.69, 9.17) is 11.6 Å². The van der Waals surface area contributed by atoms with E-state index in [1.807, 2.05) is 0 Å². The highest BCUT2D eigenvalue weighted by Crippen LogP contribution is 2.25. The number of rotatable bonds is 4. The molecule has 0 radical (unpaired) electrons. The van der Waals surface area contributed by atoms with Crippen LogP contribution in [0.4, 0.5) is 4.39 Å². The fourth-order valence-corrected chi connectivity index (χ4v) is 2.29. The molecule has 0 N–H and O–H groups in total. The van der Waals surface area contributed by atoms with Gasteiger partial charge in [0.15, 0.2) is 11.0 Å². The highest BCUT2D eigenvalue weighted by molar-refractivity contribution is 7.99. The van der Waals surface area contributed by atoms with Gasteiger partial charge in [-0.15, -0.1) is 10.2 Å². The van der Waals surface area contributed by atoms with Gasteiger partial charge in [-0.3, -0.25) is 0 Å². The van der Waals surface area contributed by atoms with Crippen molar-refractivity contribution in [3.05, 3.63) is 41.7 Å². The lowest BCUT2D eigenvalue weighted by Crippen LogP contribution is -1.96. The minimum Gasteiger partial charge on any atom is -0.305 e. The number of aromatic nitrogens is 3. The normalized spacial score (nSPS) is 10.6. The van der Waals surface area contributed by atoms with E-state index in [-0.39, 0.29) is 5.82 Å². The lowest BCUT2D eigenvalue weighted by molar-refractivity contribution is 0.628. The summed E-state index contributed by atoms with van der Waals surface area (Å²) in [6.07, 6.45) is 0. The van der Waals surface area contributed by atoms with Gasteiger partial charge in [-0.2, -0.15) is 0 Å². The average Bonchev–Trinajstić information content (AvgIpc) is 2.69. The number of hydrogen-bond donors (Lipinski definition) is 0. The molecule has 0 saturated heterocycles. The number of thioether (sulfide) groups is 1. The van der Waals surface area contributed by atoms with Crippen LogP contribution in [0.1, 0.15) is 0 Å². The topological polar surface area (TPSA) is 30.7 Å². The Bertz CT molecular complexity index is 582. The molecule has 0 atom stereocenters. The van der Waals surface area contributed by atoms with Crippen LogP contribution in [0.5, 0.6) is 0 Å². The van der Waals surface area contributed by atoms with Crippen molar-refractivity contribution < 1.29 is 4.39 Å². The molecular formula is C12H11ClFN3S. The maximum absolute atomic E-state index is 13.7. The van der Waals surface area contributed by atoms with E-state index in [0.29, 0.717) is 27.3 Å². The van der Waals surface area contributed by atoms with Crippen molar-refractivity contribution in [2.24, 2.45) is 7.05 Å². The van der Waals surface area contributed by atoms with E-state index in [1.165, 1.54) is 17.8 Å². The van der Waals surface area contributed by atoms with Gasteiger partial charge in [0, 0.05) is 17.8 Å². The maximum Gasteiger partial charge on any atom is 0.191 e. The highest BCUT2D eigenvalue weighted by atomic mass is 35.5. The van der Waals surface area contributed by atoms with E-state index in [1.54, 1.807) is 29.8 Å². The Morgan fingerprint density at radius 2 is 2.17 bits per heavy atom.